The summed E-state index contributed by atoms with van der Waals surface area (Å²) < 4.78 is 27.4. The van der Waals surface area contributed by atoms with Gasteiger partial charge in [-0.25, -0.2) is 8.78 Å². The largest absolute Gasteiger partial charge is 0.508 e. The summed E-state index contributed by atoms with van der Waals surface area (Å²) in [4.78, 5) is 40.8. The number of carbonyl (C=O) groups is 3. The van der Waals surface area contributed by atoms with Crippen LogP contribution in [0.5, 0.6) is 5.75 Å². The molecule has 0 spiro atoms. The quantitative estimate of drug-likeness (QED) is 0.228. The lowest BCUT2D eigenvalue weighted by Gasteiger charge is -2.50. The van der Waals surface area contributed by atoms with E-state index in [0.717, 1.165) is 5.56 Å². The van der Waals surface area contributed by atoms with Crippen LogP contribution in [0, 0.1) is 11.8 Å². The van der Waals surface area contributed by atoms with Crippen LogP contribution in [0.4, 0.5) is 14.5 Å². The number of aliphatic hydroxyl groups excluding tert-OH is 2. The van der Waals surface area contributed by atoms with Gasteiger partial charge in [-0.1, -0.05) is 6.92 Å². The molecule has 1 aromatic carbocycles. The molecule has 4 aliphatic carbocycles. The number of primary amides is 1. The summed E-state index contributed by atoms with van der Waals surface area (Å²) in [6.07, 6.45) is 0.499. The van der Waals surface area contributed by atoms with Gasteiger partial charge in [0.1, 0.15) is 22.8 Å². The molecule has 0 bridgehead atoms. The third-order valence-corrected chi connectivity index (χ3v) is 9.27. The van der Waals surface area contributed by atoms with Crippen molar-refractivity contribution in [2.45, 2.75) is 75.5 Å². The molecule has 2 saturated carbocycles. The van der Waals surface area contributed by atoms with E-state index in [1.165, 1.54) is 4.90 Å². The minimum Gasteiger partial charge on any atom is -0.508 e. The molecule has 0 radical (unpaired) electrons. The predicted octanol–water partition coefficient (Wildman–Crippen LogP) is 2.52. The average molecular weight is 576 g/mol. The van der Waals surface area contributed by atoms with Crippen LogP contribution in [0.1, 0.15) is 55.7 Å². The number of hydrogen-bond acceptors (Lipinski definition) is 9. The van der Waals surface area contributed by atoms with Gasteiger partial charge in [-0.3, -0.25) is 19.3 Å². The van der Waals surface area contributed by atoms with Crippen molar-refractivity contribution < 1.29 is 43.6 Å². The molecule has 0 heterocycles. The molecule has 0 saturated heterocycles. The van der Waals surface area contributed by atoms with Crippen molar-refractivity contribution in [3.63, 3.8) is 0 Å². The van der Waals surface area contributed by atoms with Gasteiger partial charge in [0, 0.05) is 30.4 Å². The SMILES string of the molecule is CCc1cc(NC2CCC(F)(F)CC2)c(O)c2c1CC1CC3[C@H](N(C)C)C(=O)C(C(N)=O)=C(O)[C@@]3(O)C(=O)C1=C2O. The number of halogens is 2. The predicted molar refractivity (Wildman–Crippen MR) is 144 cm³/mol. The number of ketones is 2. The molecule has 0 aromatic heterocycles. The Hall–Kier alpha value is -3.51. The maximum absolute atomic E-state index is 14.0. The lowest BCUT2D eigenvalue weighted by Crippen LogP contribution is -2.65. The zero-order valence-electron chi connectivity index (χ0n) is 23.1. The van der Waals surface area contributed by atoms with E-state index in [0.29, 0.717) is 12.0 Å². The Morgan fingerprint density at radius 3 is 2.37 bits per heavy atom. The first-order chi connectivity index (χ1) is 19.1. The molecule has 1 amide bonds. The van der Waals surface area contributed by atoms with Crippen molar-refractivity contribution in [1.29, 1.82) is 0 Å². The second-order valence-electron chi connectivity index (χ2n) is 11.9. The highest BCUT2D eigenvalue weighted by molar-refractivity contribution is 6.24. The molecular formula is C29H35F2N3O7. The number of nitrogens with two attached hydrogens (primary N) is 1. The molecule has 0 aliphatic heterocycles. The van der Waals surface area contributed by atoms with Gasteiger partial charge in [-0.2, -0.15) is 0 Å². The molecule has 1 aromatic rings. The summed E-state index contributed by atoms with van der Waals surface area (Å²) in [5.41, 5.74) is 3.13. The highest BCUT2D eigenvalue weighted by Gasteiger charge is 2.64. The van der Waals surface area contributed by atoms with Crippen LogP contribution in [0.15, 0.2) is 23.0 Å². The number of anilines is 1. The van der Waals surface area contributed by atoms with E-state index in [1.54, 1.807) is 20.2 Å². The molecule has 10 nitrogen and oxygen atoms in total. The van der Waals surface area contributed by atoms with Crippen molar-refractivity contribution in [2.24, 2.45) is 17.6 Å². The smallest absolute Gasteiger partial charge is 0.255 e. The van der Waals surface area contributed by atoms with Gasteiger partial charge in [0.2, 0.25) is 11.7 Å². The number of phenolic OH excluding ortho intramolecular Hbond substituents is 1. The van der Waals surface area contributed by atoms with Crippen LogP contribution in [-0.2, 0) is 27.2 Å². The normalized spacial score (nSPS) is 29.8. The number of aliphatic hydroxyl groups is 3. The van der Waals surface area contributed by atoms with Crippen molar-refractivity contribution in [3.8, 4) is 5.75 Å². The summed E-state index contributed by atoms with van der Waals surface area (Å²) >= 11 is 0. The van der Waals surface area contributed by atoms with E-state index < -0.39 is 64.0 Å². The zero-order chi connectivity index (χ0) is 30.2. The minimum absolute atomic E-state index is 0.00592. The first-order valence-electron chi connectivity index (χ1n) is 13.8. The van der Waals surface area contributed by atoms with Crippen LogP contribution < -0.4 is 11.1 Å². The molecule has 4 aliphatic rings. The fraction of sp³-hybridized carbons (Fsp3) is 0.552. The number of amides is 1. The molecule has 7 N–H and O–H groups in total. The van der Waals surface area contributed by atoms with Crippen molar-refractivity contribution in [3.05, 3.63) is 39.7 Å². The highest BCUT2D eigenvalue weighted by Crippen LogP contribution is 2.54. The van der Waals surface area contributed by atoms with Gasteiger partial charge in [-0.05, 0) is 69.3 Å². The third kappa shape index (κ3) is 4.30. The van der Waals surface area contributed by atoms with Crippen molar-refractivity contribution in [1.82, 2.24) is 4.90 Å². The van der Waals surface area contributed by atoms with E-state index >= 15 is 0 Å². The number of rotatable bonds is 5. The number of benzene rings is 1. The number of hydrogen-bond donors (Lipinski definition) is 6. The molecular weight excluding hydrogens is 540 g/mol. The van der Waals surface area contributed by atoms with Crippen LogP contribution >= 0.6 is 0 Å². The summed E-state index contributed by atoms with van der Waals surface area (Å²) in [5.74, 6) is -9.80. The van der Waals surface area contributed by atoms with Crippen molar-refractivity contribution in [2.75, 3.05) is 19.4 Å². The molecule has 4 atom stereocenters. The fourth-order valence-corrected chi connectivity index (χ4v) is 7.22. The van der Waals surface area contributed by atoms with Crippen LogP contribution in [0.25, 0.3) is 5.76 Å². The number of aryl methyl sites for hydroxylation is 1. The zero-order valence-corrected chi connectivity index (χ0v) is 23.1. The van der Waals surface area contributed by atoms with Crippen LogP contribution in [-0.4, -0.2) is 80.5 Å². The van der Waals surface area contributed by atoms with Gasteiger partial charge in [0.15, 0.2) is 11.4 Å². The van der Waals surface area contributed by atoms with Gasteiger partial charge < -0.3 is 31.5 Å². The van der Waals surface area contributed by atoms with Gasteiger partial charge >= 0.3 is 0 Å². The Labute approximate surface area is 235 Å². The molecule has 2 fully saturated rings. The Bertz CT molecular complexity index is 1410. The summed E-state index contributed by atoms with van der Waals surface area (Å²) in [6.45, 7) is 1.88. The summed E-state index contributed by atoms with van der Waals surface area (Å²) in [7, 11) is 3.09. The Kier molecular flexibility index (Phi) is 6.93. The Morgan fingerprint density at radius 2 is 1.80 bits per heavy atom. The monoisotopic (exact) mass is 575 g/mol. The second kappa shape index (κ2) is 9.80. The molecule has 222 valence electrons. The number of likely N-dealkylation sites (N-methyl/N-ethyl adjacent to an activating group) is 1. The number of alkyl halides is 2. The van der Waals surface area contributed by atoms with Gasteiger partial charge in [-0.15, -0.1) is 0 Å². The van der Waals surface area contributed by atoms with E-state index in [2.05, 4.69) is 5.32 Å². The van der Waals surface area contributed by atoms with E-state index in [-0.39, 0.29) is 67.1 Å². The minimum atomic E-state index is -2.73. The van der Waals surface area contributed by atoms with Gasteiger partial charge in [0.25, 0.3) is 5.91 Å². The number of Topliss-reactive ketones (excluding diaryl/α,β-unsaturated/α-hetero) is 2. The first kappa shape index (κ1) is 29.0. The molecule has 5 rings (SSSR count). The lowest BCUT2D eigenvalue weighted by molar-refractivity contribution is -0.153. The van der Waals surface area contributed by atoms with Crippen LogP contribution in [0.2, 0.25) is 0 Å². The fourth-order valence-electron chi connectivity index (χ4n) is 7.22. The maximum Gasteiger partial charge on any atom is 0.255 e. The topological polar surface area (TPSA) is 173 Å². The summed E-state index contributed by atoms with van der Waals surface area (Å²) in [6, 6.07) is 0.242. The third-order valence-electron chi connectivity index (χ3n) is 9.27. The first-order valence-corrected chi connectivity index (χ1v) is 13.8. The van der Waals surface area contributed by atoms with E-state index in [9.17, 15) is 43.6 Å². The number of phenols is 1. The number of nitrogens with zero attached hydrogens (tertiary/aromatic N) is 1. The Morgan fingerprint density at radius 1 is 1.17 bits per heavy atom. The van der Waals surface area contributed by atoms with E-state index in [1.807, 2.05) is 6.92 Å². The second-order valence-corrected chi connectivity index (χ2v) is 11.9. The Balaban J connectivity index is 1.63. The number of carbonyl (C=O) groups excluding carboxylic acids is 3. The van der Waals surface area contributed by atoms with Crippen molar-refractivity contribution >= 4 is 28.9 Å². The standard InChI is InChI=1S/C29H35F2N3O7/c1-4-12-11-17(33-14-5-7-28(30,31)8-6-14)22(35)19-15(12)9-13-10-16-21(34(2)3)24(37)20(27(32)40)26(39)29(16,41)25(38)18(13)23(19)36/h11,13-14,16,21,33,35-36,39,41H,4-10H2,1-3H3,(H2,32,40)/t13?,16?,21-,29-/m0/s1. The maximum atomic E-state index is 14.0. The van der Waals surface area contributed by atoms with Crippen LogP contribution in [0.3, 0.4) is 0 Å². The average Bonchev–Trinajstić information content (AvgIpc) is 2.88. The molecule has 2 unspecified atom stereocenters. The van der Waals surface area contributed by atoms with E-state index in [4.69, 9.17) is 5.73 Å². The molecule has 41 heavy (non-hydrogen) atoms. The number of fused-ring (bicyclic) bond motifs is 3. The summed E-state index contributed by atoms with van der Waals surface area (Å²) in [5, 5.41) is 48.6. The number of nitrogens with one attached hydrogen (secondary N) is 1. The van der Waals surface area contributed by atoms with Gasteiger partial charge in [0.05, 0.1) is 17.3 Å². The highest BCUT2D eigenvalue weighted by atomic mass is 19.3. The number of aromatic hydroxyl groups is 1. The molecule has 12 heteroatoms. The lowest BCUT2D eigenvalue weighted by atomic mass is 9.57.